The third-order valence-corrected chi connectivity index (χ3v) is 11.8. The van der Waals surface area contributed by atoms with Crippen molar-refractivity contribution in [2.45, 2.75) is 29.5 Å². The van der Waals surface area contributed by atoms with Gasteiger partial charge >= 0.3 is 10.8 Å². The largest absolute Gasteiger partial charge is 0.497 e. The minimum Gasteiger partial charge on any atom is -0.497 e. The van der Waals surface area contributed by atoms with E-state index in [1.807, 2.05) is 6.07 Å². The zero-order valence-electron chi connectivity index (χ0n) is 22.7. The van der Waals surface area contributed by atoms with E-state index < -0.39 is 17.8 Å². The maximum absolute atomic E-state index is 14.0. The minimum atomic E-state index is -0.487. The number of amides is 2. The number of thiazole rings is 1. The average molecular weight is 627 g/mol. The van der Waals surface area contributed by atoms with Crippen LogP contribution in [0, 0.1) is 29.6 Å². The summed E-state index contributed by atoms with van der Waals surface area (Å²) >= 11 is 9.26. The molecule has 0 radical (unpaired) electrons. The summed E-state index contributed by atoms with van der Waals surface area (Å²) in [4.78, 5) is 57.6. The fourth-order valence-electron chi connectivity index (χ4n) is 7.58. The Morgan fingerprint density at radius 1 is 1.07 bits per heavy atom. The van der Waals surface area contributed by atoms with E-state index in [-0.39, 0.29) is 58.8 Å². The standard InChI is InChI=1S/C30H27ClN2O7S2/c1-3-39-20(34)12-40-19-9-4-13(31)10-16(19)21-22-17-11-18(25(22)41-27-26(21)42-30(37)32-27)24-23(17)28(35)33(29(24)36)14-5-7-15(38-2)8-6-14/h4-10,17-18,21-25H,3,11-12H2,1-2H3,(H,32,37)/t17-,18-,21+,22-,23+,24+,25-/m1/s1. The summed E-state index contributed by atoms with van der Waals surface area (Å²) in [6.45, 7) is 1.70. The van der Waals surface area contributed by atoms with Crippen molar-refractivity contribution < 1.29 is 28.6 Å². The number of ether oxygens (including phenoxy) is 3. The number of carbonyl (C=O) groups is 3. The van der Waals surface area contributed by atoms with Crippen molar-refractivity contribution in [3.05, 3.63) is 67.6 Å². The van der Waals surface area contributed by atoms with Crippen LogP contribution >= 0.6 is 34.7 Å². The number of rotatable bonds is 7. The van der Waals surface area contributed by atoms with Crippen molar-refractivity contribution in [3.63, 3.8) is 0 Å². The third-order valence-electron chi connectivity index (χ3n) is 9.01. The van der Waals surface area contributed by atoms with Crippen molar-refractivity contribution >= 4 is 58.2 Å². The molecule has 2 saturated carbocycles. The molecule has 7 atom stereocenters. The molecule has 3 aromatic rings. The molecule has 9 nitrogen and oxygen atoms in total. The van der Waals surface area contributed by atoms with Gasteiger partial charge in [0.05, 0.1) is 36.3 Å². The first kappa shape index (κ1) is 27.5. The summed E-state index contributed by atoms with van der Waals surface area (Å²) in [6, 6.07) is 12.2. The van der Waals surface area contributed by atoms with Crippen LogP contribution in [-0.4, -0.2) is 48.3 Å². The Morgan fingerprint density at radius 3 is 2.52 bits per heavy atom. The van der Waals surface area contributed by atoms with Crippen molar-refractivity contribution in [1.82, 2.24) is 4.98 Å². The van der Waals surface area contributed by atoms with Gasteiger partial charge in [-0.3, -0.25) is 19.3 Å². The predicted molar refractivity (Wildman–Crippen MR) is 158 cm³/mol. The van der Waals surface area contributed by atoms with Crippen LogP contribution < -0.4 is 19.2 Å². The molecule has 2 aromatic carbocycles. The molecular weight excluding hydrogens is 600 g/mol. The lowest BCUT2D eigenvalue weighted by Gasteiger charge is -2.43. The number of nitrogens with one attached hydrogen (secondary N) is 1. The van der Waals surface area contributed by atoms with Gasteiger partial charge in [0.2, 0.25) is 11.8 Å². The number of esters is 1. The van der Waals surface area contributed by atoms with Gasteiger partial charge in [-0.1, -0.05) is 22.9 Å². The number of hydrogen-bond donors (Lipinski definition) is 1. The summed E-state index contributed by atoms with van der Waals surface area (Å²) in [5.74, 6) is -1.03. The number of fused-ring (bicyclic) bond motifs is 9. The Bertz CT molecular complexity index is 1650. The molecule has 12 heteroatoms. The highest BCUT2D eigenvalue weighted by molar-refractivity contribution is 8.00. The highest BCUT2D eigenvalue weighted by Gasteiger charge is 2.69. The number of hydrogen-bond acceptors (Lipinski definition) is 9. The van der Waals surface area contributed by atoms with E-state index in [1.165, 1.54) is 4.90 Å². The summed E-state index contributed by atoms with van der Waals surface area (Å²) < 4.78 is 16.3. The van der Waals surface area contributed by atoms with Crippen molar-refractivity contribution in [1.29, 1.82) is 0 Å². The molecule has 1 aromatic heterocycles. The second kappa shape index (κ2) is 10.5. The number of aromatic amines is 1. The number of benzene rings is 2. The zero-order valence-corrected chi connectivity index (χ0v) is 25.1. The van der Waals surface area contributed by atoms with Crippen LogP contribution in [0.4, 0.5) is 5.69 Å². The van der Waals surface area contributed by atoms with Gasteiger partial charge in [-0.05, 0) is 73.6 Å². The van der Waals surface area contributed by atoms with Crippen LogP contribution in [0.15, 0.2) is 52.3 Å². The number of methoxy groups -OCH3 is 1. The van der Waals surface area contributed by atoms with Crippen LogP contribution in [-0.2, 0) is 19.1 Å². The fraction of sp³-hybridized carbons (Fsp3) is 0.400. The smallest absolute Gasteiger partial charge is 0.344 e. The van der Waals surface area contributed by atoms with Gasteiger partial charge in [0.1, 0.15) is 11.5 Å². The normalized spacial score (nSPS) is 28.8. The van der Waals surface area contributed by atoms with E-state index in [2.05, 4.69) is 4.98 Å². The lowest BCUT2D eigenvalue weighted by atomic mass is 9.68. The second-order valence-corrected chi connectivity index (χ2v) is 13.6. The van der Waals surface area contributed by atoms with Crippen molar-refractivity contribution in [2.24, 2.45) is 29.6 Å². The molecule has 1 N–H and O–H groups in total. The second-order valence-electron chi connectivity index (χ2n) is 10.9. The Hall–Kier alpha value is -3.28. The van der Waals surface area contributed by atoms with E-state index in [9.17, 15) is 19.2 Å². The topological polar surface area (TPSA) is 115 Å². The van der Waals surface area contributed by atoms with Gasteiger partial charge in [-0.2, -0.15) is 0 Å². The van der Waals surface area contributed by atoms with E-state index >= 15 is 0 Å². The molecule has 2 aliphatic heterocycles. The summed E-state index contributed by atoms with van der Waals surface area (Å²) in [7, 11) is 1.57. The third kappa shape index (κ3) is 4.19. The first-order valence-electron chi connectivity index (χ1n) is 13.8. The predicted octanol–water partition coefficient (Wildman–Crippen LogP) is 4.72. The monoisotopic (exact) mass is 626 g/mol. The Kier molecular flexibility index (Phi) is 6.86. The number of thioether (sulfide) groups is 1. The SMILES string of the molecule is CCOC(=O)COc1ccc(Cl)cc1[C@@H]1c2sc(=O)[nH]c2S[C@@H]2[C@@H]3C[C@@H]([C@@H]4C(=O)N(c5ccc(OC)cc5)C(=O)[C@@H]34)[C@H]12. The van der Waals surface area contributed by atoms with Gasteiger partial charge < -0.3 is 19.2 Å². The number of H-pyrrole nitrogens is 1. The molecule has 3 heterocycles. The molecule has 42 heavy (non-hydrogen) atoms. The summed E-state index contributed by atoms with van der Waals surface area (Å²) in [6.07, 6.45) is 0.751. The number of aromatic nitrogens is 1. The molecule has 0 unspecified atom stereocenters. The highest BCUT2D eigenvalue weighted by atomic mass is 35.5. The van der Waals surface area contributed by atoms with E-state index in [1.54, 1.807) is 62.2 Å². The summed E-state index contributed by atoms with van der Waals surface area (Å²) in [5.41, 5.74) is 1.30. The highest BCUT2D eigenvalue weighted by Crippen LogP contribution is 2.69. The van der Waals surface area contributed by atoms with Gasteiger partial charge in [0.25, 0.3) is 0 Å². The molecule has 2 aliphatic carbocycles. The molecule has 1 saturated heterocycles. The molecule has 4 aliphatic rings. The molecule has 7 rings (SSSR count). The molecule has 218 valence electrons. The number of nitrogens with zero attached hydrogens (tertiary/aromatic N) is 1. The molecule has 2 amide bonds. The maximum atomic E-state index is 14.0. The Balaban J connectivity index is 1.29. The number of carbonyl (C=O) groups excluding carboxylic acids is 3. The van der Waals surface area contributed by atoms with Crippen molar-refractivity contribution in [2.75, 3.05) is 25.2 Å². The van der Waals surface area contributed by atoms with E-state index in [0.29, 0.717) is 22.2 Å². The Morgan fingerprint density at radius 2 is 1.81 bits per heavy atom. The molecule has 2 bridgehead atoms. The lowest BCUT2D eigenvalue weighted by Crippen LogP contribution is -2.42. The first-order valence-corrected chi connectivity index (χ1v) is 15.9. The molecular formula is C30H27ClN2O7S2. The van der Waals surface area contributed by atoms with Crippen LogP contribution in [0.3, 0.4) is 0 Å². The van der Waals surface area contributed by atoms with Crippen molar-refractivity contribution in [3.8, 4) is 11.5 Å². The molecule has 0 spiro atoms. The average Bonchev–Trinajstić information content (AvgIpc) is 3.71. The quantitative estimate of drug-likeness (QED) is 0.296. The van der Waals surface area contributed by atoms with Crippen LogP contribution in [0.2, 0.25) is 5.02 Å². The van der Waals surface area contributed by atoms with Gasteiger partial charge in [-0.15, -0.1) is 11.8 Å². The van der Waals surface area contributed by atoms with Crippen LogP contribution in [0.5, 0.6) is 11.5 Å². The number of anilines is 1. The number of halogens is 1. The van der Waals surface area contributed by atoms with Crippen LogP contribution in [0.25, 0.3) is 0 Å². The summed E-state index contributed by atoms with van der Waals surface area (Å²) in [5, 5.41) is 1.27. The maximum Gasteiger partial charge on any atom is 0.344 e. The minimum absolute atomic E-state index is 0.00320. The fourth-order valence-corrected chi connectivity index (χ4v) is 10.6. The first-order chi connectivity index (χ1) is 20.3. The van der Waals surface area contributed by atoms with Gasteiger partial charge in [-0.25, -0.2) is 4.79 Å². The Labute approximate surface area is 254 Å². The van der Waals surface area contributed by atoms with Crippen LogP contribution in [0.1, 0.15) is 29.7 Å². The lowest BCUT2D eigenvalue weighted by molar-refractivity contribution is -0.145. The number of imide groups is 1. The molecule has 3 fully saturated rings. The van der Waals surface area contributed by atoms with E-state index in [0.717, 1.165) is 33.2 Å². The zero-order chi connectivity index (χ0) is 29.3. The van der Waals surface area contributed by atoms with Gasteiger partial charge in [0, 0.05) is 26.6 Å². The van der Waals surface area contributed by atoms with Gasteiger partial charge in [0.15, 0.2) is 6.61 Å². The van der Waals surface area contributed by atoms with E-state index in [4.69, 9.17) is 25.8 Å².